The molecule has 3 amide bonds. The van der Waals surface area contributed by atoms with E-state index in [1.807, 2.05) is 66.9 Å². The molecular weight excluding hydrogens is 420 g/mol. The van der Waals surface area contributed by atoms with Gasteiger partial charge in [0.1, 0.15) is 5.01 Å². The highest BCUT2D eigenvalue weighted by Crippen LogP contribution is 2.24. The Morgan fingerprint density at radius 3 is 2.03 bits per heavy atom. The quantitative estimate of drug-likeness (QED) is 0.345. The molecule has 0 radical (unpaired) electrons. The maximum absolute atomic E-state index is 12.4. The molecule has 0 bridgehead atoms. The van der Waals surface area contributed by atoms with E-state index in [2.05, 4.69) is 20.9 Å². The SMILES string of the molecule is Cc1ccc(-c2nc(CC(=O)Nc3ccc(NC(=O)Nc4ccccc4)cc3)cs2)cc1. The Balaban J connectivity index is 1.29. The minimum atomic E-state index is -0.333. The van der Waals surface area contributed by atoms with Gasteiger partial charge in [-0.15, -0.1) is 11.3 Å². The van der Waals surface area contributed by atoms with Gasteiger partial charge in [0.2, 0.25) is 5.91 Å². The molecule has 0 aliphatic heterocycles. The van der Waals surface area contributed by atoms with E-state index in [0.29, 0.717) is 17.1 Å². The highest BCUT2D eigenvalue weighted by atomic mass is 32.1. The monoisotopic (exact) mass is 442 g/mol. The first kappa shape index (κ1) is 21.3. The molecule has 0 unspecified atom stereocenters. The van der Waals surface area contributed by atoms with Crippen LogP contribution in [0.25, 0.3) is 10.6 Å². The van der Waals surface area contributed by atoms with Crippen LogP contribution in [0.5, 0.6) is 0 Å². The molecule has 7 heteroatoms. The van der Waals surface area contributed by atoms with Gasteiger partial charge in [-0.05, 0) is 43.3 Å². The minimum absolute atomic E-state index is 0.145. The molecule has 4 rings (SSSR count). The minimum Gasteiger partial charge on any atom is -0.326 e. The molecule has 32 heavy (non-hydrogen) atoms. The highest BCUT2D eigenvalue weighted by Gasteiger charge is 2.10. The highest BCUT2D eigenvalue weighted by molar-refractivity contribution is 7.13. The fourth-order valence-corrected chi connectivity index (χ4v) is 3.86. The van der Waals surface area contributed by atoms with Crippen LogP contribution < -0.4 is 16.0 Å². The lowest BCUT2D eigenvalue weighted by molar-refractivity contribution is -0.115. The summed E-state index contributed by atoms with van der Waals surface area (Å²) in [5.74, 6) is -0.145. The molecule has 3 N–H and O–H groups in total. The van der Waals surface area contributed by atoms with Crippen molar-refractivity contribution in [3.63, 3.8) is 0 Å². The number of urea groups is 1. The number of hydrogen-bond acceptors (Lipinski definition) is 4. The predicted octanol–water partition coefficient (Wildman–Crippen LogP) is 5.94. The molecule has 0 atom stereocenters. The average molecular weight is 443 g/mol. The molecule has 0 fully saturated rings. The van der Waals surface area contributed by atoms with Gasteiger partial charge in [-0.25, -0.2) is 9.78 Å². The Morgan fingerprint density at radius 2 is 1.38 bits per heavy atom. The second-order valence-corrected chi connectivity index (χ2v) is 8.12. The average Bonchev–Trinajstić information content (AvgIpc) is 3.24. The summed E-state index contributed by atoms with van der Waals surface area (Å²) in [4.78, 5) is 29.1. The summed E-state index contributed by atoms with van der Waals surface area (Å²) < 4.78 is 0. The molecule has 3 aromatic carbocycles. The Kier molecular flexibility index (Phi) is 6.57. The Labute approximate surface area is 190 Å². The summed E-state index contributed by atoms with van der Waals surface area (Å²) in [6.07, 6.45) is 0.196. The number of thiazole rings is 1. The van der Waals surface area contributed by atoms with Crippen molar-refractivity contribution in [3.05, 3.63) is 95.5 Å². The molecule has 0 saturated heterocycles. The number of carbonyl (C=O) groups excluding carboxylic acids is 2. The zero-order valence-electron chi connectivity index (χ0n) is 17.5. The molecular formula is C25H22N4O2S. The van der Waals surface area contributed by atoms with E-state index < -0.39 is 0 Å². The number of para-hydroxylation sites is 1. The number of aryl methyl sites for hydroxylation is 1. The largest absolute Gasteiger partial charge is 0.326 e. The lowest BCUT2D eigenvalue weighted by Gasteiger charge is -2.09. The van der Waals surface area contributed by atoms with Gasteiger partial charge in [0.15, 0.2) is 0 Å². The number of benzene rings is 3. The standard InChI is InChI=1S/C25H22N4O2S/c1-17-7-9-18(10-8-17)24-27-22(16-32-24)15-23(30)26-20-11-13-21(14-12-20)29-25(31)28-19-5-3-2-4-6-19/h2-14,16H,15H2,1H3,(H,26,30)(H2,28,29,31). The van der Waals surface area contributed by atoms with Crippen molar-refractivity contribution in [2.75, 3.05) is 16.0 Å². The van der Waals surface area contributed by atoms with Crippen molar-refractivity contribution in [2.24, 2.45) is 0 Å². The third-order valence-corrected chi connectivity index (χ3v) is 5.59. The first-order chi connectivity index (χ1) is 15.5. The Hall–Kier alpha value is -3.97. The molecule has 160 valence electrons. The molecule has 0 aliphatic rings. The normalized spacial score (nSPS) is 10.4. The summed E-state index contributed by atoms with van der Waals surface area (Å²) in [6, 6.07) is 24.0. The van der Waals surface area contributed by atoms with Crippen molar-refractivity contribution < 1.29 is 9.59 Å². The lowest BCUT2D eigenvalue weighted by atomic mass is 10.2. The lowest BCUT2D eigenvalue weighted by Crippen LogP contribution is -2.19. The third-order valence-electron chi connectivity index (χ3n) is 4.65. The number of carbonyl (C=O) groups is 2. The predicted molar refractivity (Wildman–Crippen MR) is 130 cm³/mol. The van der Waals surface area contributed by atoms with Crippen LogP contribution in [0.3, 0.4) is 0 Å². The Bertz CT molecular complexity index is 1200. The van der Waals surface area contributed by atoms with E-state index in [4.69, 9.17) is 0 Å². The van der Waals surface area contributed by atoms with Crippen LogP contribution in [0.15, 0.2) is 84.2 Å². The van der Waals surface area contributed by atoms with Crippen molar-refractivity contribution in [2.45, 2.75) is 13.3 Å². The van der Waals surface area contributed by atoms with Gasteiger partial charge in [-0.1, -0.05) is 48.0 Å². The van der Waals surface area contributed by atoms with Crippen LogP contribution in [-0.2, 0) is 11.2 Å². The number of rotatable bonds is 6. The first-order valence-electron chi connectivity index (χ1n) is 10.1. The smallest absolute Gasteiger partial charge is 0.323 e. The molecule has 4 aromatic rings. The van der Waals surface area contributed by atoms with Crippen molar-refractivity contribution in [1.29, 1.82) is 0 Å². The van der Waals surface area contributed by atoms with E-state index >= 15 is 0 Å². The summed E-state index contributed by atoms with van der Waals surface area (Å²) in [5.41, 5.74) is 4.96. The second kappa shape index (κ2) is 9.89. The number of anilines is 3. The van der Waals surface area contributed by atoms with Gasteiger partial charge < -0.3 is 16.0 Å². The zero-order chi connectivity index (χ0) is 22.3. The van der Waals surface area contributed by atoms with Gasteiger partial charge in [-0.3, -0.25) is 4.79 Å². The fourth-order valence-electron chi connectivity index (χ4n) is 3.04. The van der Waals surface area contributed by atoms with Crippen LogP contribution in [0.1, 0.15) is 11.3 Å². The number of hydrogen-bond donors (Lipinski definition) is 3. The van der Waals surface area contributed by atoms with Gasteiger partial charge >= 0.3 is 6.03 Å². The summed E-state index contributed by atoms with van der Waals surface area (Å²) in [6.45, 7) is 2.05. The summed E-state index contributed by atoms with van der Waals surface area (Å²) >= 11 is 1.53. The van der Waals surface area contributed by atoms with Crippen molar-refractivity contribution in [3.8, 4) is 10.6 Å². The van der Waals surface area contributed by atoms with Crippen molar-refractivity contribution in [1.82, 2.24) is 4.98 Å². The van der Waals surface area contributed by atoms with Crippen molar-refractivity contribution >= 4 is 40.3 Å². The van der Waals surface area contributed by atoms with E-state index in [9.17, 15) is 9.59 Å². The Morgan fingerprint density at radius 1 is 0.781 bits per heavy atom. The molecule has 0 spiro atoms. The van der Waals surface area contributed by atoms with Gasteiger partial charge in [0, 0.05) is 28.0 Å². The van der Waals surface area contributed by atoms with Gasteiger partial charge in [-0.2, -0.15) is 0 Å². The van der Waals surface area contributed by atoms with Crippen LogP contribution in [0, 0.1) is 6.92 Å². The maximum Gasteiger partial charge on any atom is 0.323 e. The zero-order valence-corrected chi connectivity index (χ0v) is 18.3. The first-order valence-corrected chi connectivity index (χ1v) is 11.0. The van der Waals surface area contributed by atoms with Crippen LogP contribution in [0.4, 0.5) is 21.9 Å². The third kappa shape index (κ3) is 5.80. The van der Waals surface area contributed by atoms with Crippen LogP contribution in [0.2, 0.25) is 0 Å². The van der Waals surface area contributed by atoms with Gasteiger partial charge in [0.05, 0.1) is 12.1 Å². The number of amides is 3. The van der Waals surface area contributed by atoms with Crippen LogP contribution >= 0.6 is 11.3 Å². The van der Waals surface area contributed by atoms with Crippen LogP contribution in [-0.4, -0.2) is 16.9 Å². The molecule has 6 nitrogen and oxygen atoms in total. The summed E-state index contributed by atoms with van der Waals surface area (Å²) in [5, 5.41) is 11.2. The number of nitrogens with one attached hydrogen (secondary N) is 3. The summed E-state index contributed by atoms with van der Waals surface area (Å²) in [7, 11) is 0. The fraction of sp³-hybridized carbons (Fsp3) is 0.0800. The molecule has 1 aromatic heterocycles. The van der Waals surface area contributed by atoms with E-state index in [-0.39, 0.29) is 18.4 Å². The maximum atomic E-state index is 12.4. The molecule has 0 saturated carbocycles. The molecule has 1 heterocycles. The molecule has 0 aliphatic carbocycles. The van der Waals surface area contributed by atoms with Gasteiger partial charge in [0.25, 0.3) is 0 Å². The van der Waals surface area contributed by atoms with E-state index in [1.54, 1.807) is 24.3 Å². The number of nitrogens with zero attached hydrogens (tertiary/aromatic N) is 1. The topological polar surface area (TPSA) is 83.1 Å². The number of aromatic nitrogens is 1. The van der Waals surface area contributed by atoms with E-state index in [0.717, 1.165) is 16.3 Å². The second-order valence-electron chi connectivity index (χ2n) is 7.26. The van der Waals surface area contributed by atoms with E-state index in [1.165, 1.54) is 16.9 Å².